The highest BCUT2D eigenvalue weighted by atomic mass is 32.2. The Morgan fingerprint density at radius 2 is 1.73 bits per heavy atom. The summed E-state index contributed by atoms with van der Waals surface area (Å²) in [7, 11) is -3.26. The van der Waals surface area contributed by atoms with Crippen molar-refractivity contribution >= 4 is 33.7 Å². The number of methoxy groups -OCH3 is 1. The van der Waals surface area contributed by atoms with Gasteiger partial charge in [0.1, 0.15) is 6.04 Å². The molecule has 1 heterocycles. The van der Waals surface area contributed by atoms with Gasteiger partial charge in [0.25, 0.3) is 5.92 Å². The van der Waals surface area contributed by atoms with E-state index in [-0.39, 0.29) is 36.8 Å². The van der Waals surface area contributed by atoms with E-state index in [0.717, 1.165) is 12.0 Å². The van der Waals surface area contributed by atoms with Gasteiger partial charge in [0.05, 0.1) is 24.8 Å². The topological polar surface area (TPSA) is 146 Å². The average Bonchev–Trinajstić information content (AvgIpc) is 3.83. The summed E-state index contributed by atoms with van der Waals surface area (Å²) in [5.41, 5.74) is 2.58. The molecule has 10 nitrogen and oxygen atoms in total. The maximum absolute atomic E-state index is 13.9. The van der Waals surface area contributed by atoms with Crippen LogP contribution in [0.3, 0.4) is 0 Å². The maximum atomic E-state index is 13.9. The molecule has 13 heteroatoms. The van der Waals surface area contributed by atoms with E-state index >= 15 is 0 Å². The molecular formula is C28H30F2N4O6S. The summed E-state index contributed by atoms with van der Waals surface area (Å²) in [6, 6.07) is 13.6. The van der Waals surface area contributed by atoms with Crippen LogP contribution in [0.1, 0.15) is 24.0 Å². The van der Waals surface area contributed by atoms with Crippen LogP contribution in [0.4, 0.5) is 19.3 Å². The molecule has 2 fully saturated rings. The SMILES string of the molecule is COC(=O)N[C@@H](Cc1ccccc1)C(=O)N[C@@H](Cc1ccc(NS(=O)(=O)O)cc1)C1=NC(C2CC2(F)F)=CC2CC12. The zero-order valence-corrected chi connectivity index (χ0v) is 22.9. The van der Waals surface area contributed by atoms with Crippen molar-refractivity contribution in [3.8, 4) is 0 Å². The van der Waals surface area contributed by atoms with Crippen LogP contribution >= 0.6 is 0 Å². The number of hydrogen-bond donors (Lipinski definition) is 4. The molecule has 4 N–H and O–H groups in total. The van der Waals surface area contributed by atoms with Gasteiger partial charge in [-0.25, -0.2) is 13.6 Å². The lowest BCUT2D eigenvalue weighted by atomic mass is 9.95. The van der Waals surface area contributed by atoms with Crippen LogP contribution in [0.5, 0.6) is 0 Å². The van der Waals surface area contributed by atoms with Crippen LogP contribution in [0.15, 0.2) is 71.4 Å². The molecule has 0 bridgehead atoms. The number of hydrogen-bond acceptors (Lipinski definition) is 6. The number of aliphatic imine (C=N–C) groups is 1. The molecule has 3 aliphatic rings. The Bertz CT molecular complexity index is 1480. The lowest BCUT2D eigenvalue weighted by Gasteiger charge is -2.26. The first kappa shape index (κ1) is 28.7. The van der Waals surface area contributed by atoms with E-state index in [1.807, 2.05) is 41.1 Å². The lowest BCUT2D eigenvalue weighted by molar-refractivity contribution is -0.123. The molecule has 0 spiro atoms. The molecule has 0 saturated heterocycles. The molecule has 3 unspecified atom stereocenters. The zero-order valence-electron chi connectivity index (χ0n) is 22.1. The van der Waals surface area contributed by atoms with Gasteiger partial charge < -0.3 is 15.4 Å². The average molecular weight is 589 g/mol. The van der Waals surface area contributed by atoms with Crippen molar-refractivity contribution in [2.24, 2.45) is 22.7 Å². The number of rotatable bonds is 11. The highest BCUT2D eigenvalue weighted by Crippen LogP contribution is 2.57. The molecule has 5 rings (SSSR count). The number of carbonyl (C=O) groups excluding carboxylic acids is 2. The molecule has 1 aliphatic heterocycles. The number of halogens is 2. The quantitative estimate of drug-likeness (QED) is 0.296. The monoisotopic (exact) mass is 588 g/mol. The Kier molecular flexibility index (Phi) is 7.84. The first-order chi connectivity index (χ1) is 19.4. The third-order valence-corrected chi connectivity index (χ3v) is 7.93. The molecule has 2 amide bonds. The number of alkyl carbamates (subject to hydrolysis) is 1. The summed E-state index contributed by atoms with van der Waals surface area (Å²) >= 11 is 0. The molecule has 0 radical (unpaired) electrons. The van der Waals surface area contributed by atoms with Gasteiger partial charge in [0, 0.05) is 30.2 Å². The van der Waals surface area contributed by atoms with Gasteiger partial charge in [-0.2, -0.15) is 8.42 Å². The third kappa shape index (κ3) is 7.27. The predicted octanol–water partition coefficient (Wildman–Crippen LogP) is 3.53. The first-order valence-electron chi connectivity index (χ1n) is 13.1. The number of fused-ring (bicyclic) bond motifs is 1. The normalized spacial score (nSPS) is 23.6. The van der Waals surface area contributed by atoms with Crippen molar-refractivity contribution in [1.82, 2.24) is 10.6 Å². The van der Waals surface area contributed by atoms with Crippen molar-refractivity contribution < 1.29 is 36.1 Å². The zero-order chi connectivity index (χ0) is 29.4. The van der Waals surface area contributed by atoms with Crippen molar-refractivity contribution in [2.45, 2.75) is 43.7 Å². The second kappa shape index (κ2) is 11.2. The molecule has 218 valence electrons. The lowest BCUT2D eigenvalue weighted by Crippen LogP contribution is -2.53. The van der Waals surface area contributed by atoms with Gasteiger partial charge in [-0.3, -0.25) is 19.1 Å². The summed E-state index contributed by atoms with van der Waals surface area (Å²) < 4.78 is 65.9. The Labute approximate surface area is 236 Å². The summed E-state index contributed by atoms with van der Waals surface area (Å²) in [6.07, 6.45) is 1.92. The number of alkyl halides is 2. The number of nitrogens with one attached hydrogen (secondary N) is 3. The van der Waals surface area contributed by atoms with Crippen LogP contribution < -0.4 is 15.4 Å². The molecule has 2 aromatic carbocycles. The van der Waals surface area contributed by atoms with Crippen molar-refractivity contribution in [3.05, 3.63) is 77.5 Å². The predicted molar refractivity (Wildman–Crippen MR) is 147 cm³/mol. The Hall–Kier alpha value is -3.84. The van der Waals surface area contributed by atoms with Crippen LogP contribution in [0.25, 0.3) is 0 Å². The van der Waals surface area contributed by atoms with Crippen LogP contribution in [0, 0.1) is 17.8 Å². The van der Waals surface area contributed by atoms with E-state index in [9.17, 15) is 26.8 Å². The van der Waals surface area contributed by atoms with E-state index in [2.05, 4.69) is 15.6 Å². The minimum absolute atomic E-state index is 0.00182. The van der Waals surface area contributed by atoms with Gasteiger partial charge in [0.15, 0.2) is 0 Å². The highest BCUT2D eigenvalue weighted by molar-refractivity contribution is 7.87. The molecule has 0 aromatic heterocycles. The Morgan fingerprint density at radius 1 is 1.07 bits per heavy atom. The Balaban J connectivity index is 1.41. The Morgan fingerprint density at radius 3 is 2.34 bits per heavy atom. The minimum Gasteiger partial charge on any atom is -0.453 e. The molecule has 5 atom stereocenters. The van der Waals surface area contributed by atoms with Crippen molar-refractivity contribution in [2.75, 3.05) is 11.8 Å². The fourth-order valence-corrected chi connectivity index (χ4v) is 5.58. The van der Waals surface area contributed by atoms with Gasteiger partial charge in [0.2, 0.25) is 5.91 Å². The van der Waals surface area contributed by atoms with E-state index in [4.69, 9.17) is 9.29 Å². The second-order valence-corrected chi connectivity index (χ2v) is 11.7. The number of benzene rings is 2. The minimum atomic E-state index is -4.45. The molecule has 2 aromatic rings. The summed E-state index contributed by atoms with van der Waals surface area (Å²) in [4.78, 5) is 30.4. The summed E-state index contributed by atoms with van der Waals surface area (Å²) in [6.45, 7) is 0. The highest BCUT2D eigenvalue weighted by Gasteiger charge is 2.60. The van der Waals surface area contributed by atoms with Crippen molar-refractivity contribution in [3.63, 3.8) is 0 Å². The molecule has 2 aliphatic carbocycles. The van der Waals surface area contributed by atoms with Gasteiger partial charge >= 0.3 is 16.4 Å². The maximum Gasteiger partial charge on any atom is 0.407 e. The van der Waals surface area contributed by atoms with Gasteiger partial charge in [-0.05, 0) is 42.0 Å². The van der Waals surface area contributed by atoms with Crippen molar-refractivity contribution in [1.29, 1.82) is 0 Å². The molecule has 2 saturated carbocycles. The standard InChI is InChI=1S/C28H30F2N4O6S/c1-40-27(36)33-24(12-16-5-3-2-4-6-16)26(35)32-23(11-17-7-9-19(10-8-17)34-41(37,38)39)25-20-13-18(20)14-22(31-25)21-15-28(21,29)30/h2-10,14,18,20-21,23-24,34H,11-13,15H2,1H3,(H,32,35)(H,33,36)(H,37,38,39)/t18?,20?,21?,23-,24-/m0/s1. The van der Waals surface area contributed by atoms with E-state index < -0.39 is 46.2 Å². The fourth-order valence-electron chi connectivity index (χ4n) is 5.15. The van der Waals surface area contributed by atoms with E-state index in [0.29, 0.717) is 17.0 Å². The molecule has 41 heavy (non-hydrogen) atoms. The number of allylic oxidation sites excluding steroid dienone is 2. The van der Waals surface area contributed by atoms with Gasteiger partial charge in [-0.15, -0.1) is 0 Å². The molecular weight excluding hydrogens is 558 g/mol. The largest absolute Gasteiger partial charge is 0.453 e. The number of carbonyl (C=O) groups is 2. The van der Waals surface area contributed by atoms with Gasteiger partial charge in [-0.1, -0.05) is 48.5 Å². The van der Waals surface area contributed by atoms with E-state index in [1.165, 1.54) is 19.2 Å². The van der Waals surface area contributed by atoms with E-state index in [1.54, 1.807) is 12.1 Å². The third-order valence-electron chi connectivity index (χ3n) is 7.44. The second-order valence-electron chi connectivity index (χ2n) is 10.6. The number of amides is 2. The first-order valence-corrected chi connectivity index (χ1v) is 14.6. The van der Waals surface area contributed by atoms with Crippen LogP contribution in [-0.2, 0) is 32.7 Å². The number of anilines is 1. The number of nitrogens with zero attached hydrogens (tertiary/aromatic N) is 1. The van der Waals surface area contributed by atoms with Crippen LogP contribution in [-0.4, -0.2) is 55.8 Å². The summed E-state index contributed by atoms with van der Waals surface area (Å²) in [5, 5.41) is 5.56. The summed E-state index contributed by atoms with van der Waals surface area (Å²) in [5.74, 6) is -4.15. The smallest absolute Gasteiger partial charge is 0.407 e. The number of ether oxygens (including phenoxy) is 1. The van der Waals surface area contributed by atoms with Crippen LogP contribution in [0.2, 0.25) is 0 Å². The fraction of sp³-hybridized carbons (Fsp3) is 0.393.